The van der Waals surface area contributed by atoms with Crippen LogP contribution < -0.4 is 15.7 Å². The predicted molar refractivity (Wildman–Crippen MR) is 120 cm³/mol. The zero-order valence-corrected chi connectivity index (χ0v) is 17.9. The number of benzene rings is 3. The van der Waals surface area contributed by atoms with E-state index in [1.54, 1.807) is 30.3 Å². The Balaban J connectivity index is 2.08. The highest BCUT2D eigenvalue weighted by atomic mass is 32.2. The lowest BCUT2D eigenvalue weighted by Gasteiger charge is -2.17. The van der Waals surface area contributed by atoms with Crippen molar-refractivity contribution in [2.24, 2.45) is 0 Å². The molecule has 8 nitrogen and oxygen atoms in total. The monoisotopic (exact) mass is 455 g/mol. The van der Waals surface area contributed by atoms with Crippen molar-refractivity contribution >= 4 is 26.8 Å². The minimum absolute atomic E-state index is 0.0280. The van der Waals surface area contributed by atoms with Crippen molar-refractivity contribution < 1.29 is 32.6 Å². The Morgan fingerprint density at radius 2 is 1.75 bits per heavy atom. The van der Waals surface area contributed by atoms with Gasteiger partial charge in [0.2, 0.25) is 5.36 Å². The van der Waals surface area contributed by atoms with E-state index in [2.05, 4.69) is 10.3 Å². The number of rotatable bonds is 7. The smallest absolute Gasteiger partial charge is 0.295 e. The number of nitrogens with one attached hydrogen (secondary N) is 2. The lowest BCUT2D eigenvalue weighted by molar-refractivity contribution is -0.503. The maximum atomic E-state index is 12.1. The van der Waals surface area contributed by atoms with Crippen molar-refractivity contribution in [3.8, 4) is 22.5 Å². The highest BCUT2D eigenvalue weighted by Crippen LogP contribution is 2.42. The Kier molecular flexibility index (Phi) is 6.24. The molecule has 166 valence electrons. The van der Waals surface area contributed by atoms with E-state index in [9.17, 15) is 13.0 Å². The highest BCUT2D eigenvalue weighted by Gasteiger charge is 2.23. The fraction of sp³-hybridized carbons (Fsp3) is 0.174. The molecular formula is C23H23N2O6S+. The zero-order valence-electron chi connectivity index (χ0n) is 17.1. The van der Waals surface area contributed by atoms with Crippen LogP contribution in [0, 0.1) is 0 Å². The van der Waals surface area contributed by atoms with Crippen molar-refractivity contribution in [2.45, 2.75) is 4.90 Å². The molecule has 0 fully saturated rings. The van der Waals surface area contributed by atoms with E-state index in [1.165, 1.54) is 6.07 Å². The van der Waals surface area contributed by atoms with Crippen molar-refractivity contribution in [3.05, 3.63) is 66.0 Å². The average molecular weight is 456 g/mol. The van der Waals surface area contributed by atoms with Crippen LogP contribution in [-0.2, 0) is 10.1 Å². The van der Waals surface area contributed by atoms with Gasteiger partial charge in [0.25, 0.3) is 10.1 Å². The van der Waals surface area contributed by atoms with Crippen LogP contribution in [0.5, 0.6) is 0 Å². The van der Waals surface area contributed by atoms with E-state index >= 15 is 0 Å². The van der Waals surface area contributed by atoms with E-state index in [0.29, 0.717) is 46.5 Å². The molecule has 2 aliphatic rings. The molecule has 4 rings (SSSR count). The van der Waals surface area contributed by atoms with E-state index in [-0.39, 0.29) is 18.1 Å². The van der Waals surface area contributed by atoms with Gasteiger partial charge in [-0.1, -0.05) is 18.2 Å². The first-order valence-electron chi connectivity index (χ1n) is 10.0. The van der Waals surface area contributed by atoms with Gasteiger partial charge in [-0.05, 0) is 24.3 Å². The number of aliphatic hydroxyl groups is 2. The summed E-state index contributed by atoms with van der Waals surface area (Å²) in [6.45, 7) is 0.680. The SMILES string of the molecule is O=S(=O)(O)c1ccccc1-c1c2ccc(=[NH+]CCO)cc-2oc2cc(NCCO)ccc12. The van der Waals surface area contributed by atoms with Crippen LogP contribution in [0.25, 0.3) is 33.4 Å². The maximum Gasteiger partial charge on any atom is 0.295 e. The molecule has 0 bridgehead atoms. The van der Waals surface area contributed by atoms with Gasteiger partial charge in [0.1, 0.15) is 22.8 Å². The zero-order chi connectivity index (χ0) is 22.7. The summed E-state index contributed by atoms with van der Waals surface area (Å²) in [4.78, 5) is 2.89. The molecule has 0 aromatic heterocycles. The van der Waals surface area contributed by atoms with Crippen molar-refractivity contribution in [1.82, 2.24) is 0 Å². The number of fused-ring (bicyclic) bond motifs is 2. The fourth-order valence-electron chi connectivity index (χ4n) is 3.70. The summed E-state index contributed by atoms with van der Waals surface area (Å²) in [6.07, 6.45) is 0. The quantitative estimate of drug-likeness (QED) is 0.206. The van der Waals surface area contributed by atoms with Crippen LogP contribution in [-0.4, -0.2) is 49.5 Å². The molecule has 1 aliphatic carbocycles. The van der Waals surface area contributed by atoms with Crippen LogP contribution in [0.1, 0.15) is 0 Å². The molecular weight excluding hydrogens is 432 g/mol. The van der Waals surface area contributed by atoms with Gasteiger partial charge < -0.3 is 19.9 Å². The molecule has 0 radical (unpaired) electrons. The average Bonchev–Trinajstić information content (AvgIpc) is 2.79. The Morgan fingerprint density at radius 1 is 0.938 bits per heavy atom. The van der Waals surface area contributed by atoms with Crippen LogP contribution in [0.2, 0.25) is 0 Å². The van der Waals surface area contributed by atoms with Gasteiger partial charge >= 0.3 is 0 Å². The highest BCUT2D eigenvalue weighted by molar-refractivity contribution is 7.86. The second-order valence-corrected chi connectivity index (χ2v) is 8.56. The molecule has 0 saturated carbocycles. The summed E-state index contributed by atoms with van der Waals surface area (Å²) in [5.41, 5.74) is 2.86. The predicted octanol–water partition coefficient (Wildman–Crippen LogP) is 0.829. The number of anilines is 1. The lowest BCUT2D eigenvalue weighted by atomic mass is 9.93. The fourth-order valence-corrected chi connectivity index (χ4v) is 4.40. The second kappa shape index (κ2) is 9.09. The third kappa shape index (κ3) is 4.37. The number of hydrogen-bond acceptors (Lipinski definition) is 6. The molecule has 32 heavy (non-hydrogen) atoms. The van der Waals surface area contributed by atoms with Gasteiger partial charge in [0.15, 0.2) is 6.54 Å². The molecule has 2 aromatic rings. The largest absolute Gasteiger partial charge is 0.456 e. The summed E-state index contributed by atoms with van der Waals surface area (Å²) < 4.78 is 40.2. The molecule has 1 heterocycles. The summed E-state index contributed by atoms with van der Waals surface area (Å²) in [5.74, 6) is 0.500. The Labute approximate surface area is 184 Å². The van der Waals surface area contributed by atoms with Crippen LogP contribution >= 0.6 is 0 Å². The molecule has 1 aliphatic heterocycles. The standard InChI is InChI=1S/C23H22N2O6S/c26-11-9-24-15-5-7-17-20(13-15)31-21-14-16(25-10-12-27)6-8-18(21)23(17)19-3-1-2-4-22(19)32(28,29)30/h1-8,13-14,24,26-27H,9-12H2,(H,28,29,30)/p+1. The molecule has 5 N–H and O–H groups in total. The third-order valence-electron chi connectivity index (χ3n) is 5.04. The summed E-state index contributed by atoms with van der Waals surface area (Å²) >= 11 is 0. The second-order valence-electron chi connectivity index (χ2n) is 7.17. The Hall–Kier alpha value is -3.24. The van der Waals surface area contributed by atoms with Gasteiger partial charge in [-0.25, -0.2) is 4.99 Å². The molecule has 0 spiro atoms. The van der Waals surface area contributed by atoms with Crippen molar-refractivity contribution in [2.75, 3.05) is 31.6 Å². The number of aliphatic hydroxyl groups excluding tert-OH is 2. The molecule has 0 saturated heterocycles. The summed E-state index contributed by atoms with van der Waals surface area (Å²) in [6, 6.07) is 17.1. The van der Waals surface area contributed by atoms with E-state index in [1.807, 2.05) is 24.3 Å². The number of hydrogen-bond donors (Lipinski definition) is 5. The first-order chi connectivity index (χ1) is 15.4. The van der Waals surface area contributed by atoms with Crippen molar-refractivity contribution in [3.63, 3.8) is 0 Å². The van der Waals surface area contributed by atoms with Gasteiger partial charge in [-0.15, -0.1) is 0 Å². The first kappa shape index (κ1) is 22.0. The maximum absolute atomic E-state index is 12.1. The third-order valence-corrected chi connectivity index (χ3v) is 5.95. The van der Waals surface area contributed by atoms with Crippen molar-refractivity contribution in [1.29, 1.82) is 0 Å². The van der Waals surface area contributed by atoms with Gasteiger partial charge in [-0.3, -0.25) is 4.55 Å². The Bertz CT molecular complexity index is 1410. The molecule has 9 heteroatoms. The van der Waals surface area contributed by atoms with Gasteiger partial charge in [-0.2, -0.15) is 8.42 Å². The van der Waals surface area contributed by atoms with Crippen LogP contribution in [0.15, 0.2) is 70.0 Å². The van der Waals surface area contributed by atoms with Crippen LogP contribution in [0.3, 0.4) is 0 Å². The van der Waals surface area contributed by atoms with Crippen LogP contribution in [0.4, 0.5) is 5.69 Å². The lowest BCUT2D eigenvalue weighted by Crippen LogP contribution is -2.77. The first-order valence-corrected chi connectivity index (χ1v) is 11.5. The minimum Gasteiger partial charge on any atom is -0.456 e. The molecule has 0 unspecified atom stereocenters. The summed E-state index contributed by atoms with van der Waals surface area (Å²) in [5, 5.41) is 22.7. The molecule has 0 atom stereocenters. The van der Waals surface area contributed by atoms with Gasteiger partial charge in [0.05, 0.1) is 12.7 Å². The van der Waals surface area contributed by atoms with E-state index < -0.39 is 10.1 Å². The van der Waals surface area contributed by atoms with E-state index in [0.717, 1.165) is 11.0 Å². The van der Waals surface area contributed by atoms with E-state index in [4.69, 9.17) is 14.6 Å². The topological polar surface area (TPSA) is 134 Å². The minimum atomic E-state index is -4.47. The Morgan fingerprint density at radius 3 is 2.50 bits per heavy atom. The van der Waals surface area contributed by atoms with Gasteiger partial charge in [0, 0.05) is 46.4 Å². The molecule has 2 aromatic carbocycles. The molecule has 0 amide bonds. The summed E-state index contributed by atoms with van der Waals surface area (Å²) in [7, 11) is -4.47. The normalized spacial score (nSPS) is 12.5.